The van der Waals surface area contributed by atoms with E-state index in [-0.39, 0.29) is 31.1 Å². The second kappa shape index (κ2) is 67.4. The Morgan fingerprint density at radius 1 is 0.266 bits per heavy atom. The standard InChI is InChI=1S/C73H130O6/c1-4-7-10-13-16-19-22-25-27-29-30-31-32-33-34-35-36-37-38-39-40-41-42-44-45-48-51-54-57-60-63-66-72(75)78-69-70(68-77-71(74)65-62-59-56-53-50-47-24-21-18-15-12-9-6-3)79-73(76)67-64-61-58-55-52-49-46-43-28-26-23-20-17-14-11-8-5-2/h8,11,17,20,22,25-26,28-30,32-33,70H,4-7,9-10,12-16,18-19,21,23-24,27,31,34-69H2,1-3H3/b11-8-,20-17-,25-22-,28-26-,30-29-,33-32-. The van der Waals surface area contributed by atoms with E-state index in [9.17, 15) is 14.4 Å². The van der Waals surface area contributed by atoms with Crippen LogP contribution in [0.3, 0.4) is 0 Å². The third-order valence-electron chi connectivity index (χ3n) is 15.2. The van der Waals surface area contributed by atoms with Crippen molar-refractivity contribution in [2.75, 3.05) is 13.2 Å². The molecule has 0 aromatic heterocycles. The lowest BCUT2D eigenvalue weighted by Crippen LogP contribution is -2.30. The van der Waals surface area contributed by atoms with Gasteiger partial charge < -0.3 is 14.2 Å². The number of allylic oxidation sites excluding steroid dienone is 12. The summed E-state index contributed by atoms with van der Waals surface area (Å²) in [7, 11) is 0. The maximum absolute atomic E-state index is 12.9. The first-order chi connectivity index (χ1) is 39.0. The number of carbonyl (C=O) groups is 3. The summed E-state index contributed by atoms with van der Waals surface area (Å²) in [6.45, 7) is 6.55. The third kappa shape index (κ3) is 65.5. The molecule has 0 aromatic rings. The summed E-state index contributed by atoms with van der Waals surface area (Å²) in [5.41, 5.74) is 0. The Kier molecular flexibility index (Phi) is 64.7. The Morgan fingerprint density at radius 2 is 0.494 bits per heavy atom. The van der Waals surface area contributed by atoms with Gasteiger partial charge in [0.15, 0.2) is 6.10 Å². The van der Waals surface area contributed by atoms with E-state index < -0.39 is 6.10 Å². The van der Waals surface area contributed by atoms with Crippen LogP contribution in [0, 0.1) is 0 Å². The van der Waals surface area contributed by atoms with E-state index >= 15 is 0 Å². The summed E-state index contributed by atoms with van der Waals surface area (Å²) < 4.78 is 17.0. The van der Waals surface area contributed by atoms with E-state index in [1.54, 1.807) is 0 Å². The van der Waals surface area contributed by atoms with Gasteiger partial charge in [-0.2, -0.15) is 0 Å². The van der Waals surface area contributed by atoms with Gasteiger partial charge in [-0.05, 0) is 89.9 Å². The smallest absolute Gasteiger partial charge is 0.306 e. The quantitative estimate of drug-likeness (QED) is 0.0261. The van der Waals surface area contributed by atoms with Crippen molar-refractivity contribution in [1.29, 1.82) is 0 Å². The average Bonchev–Trinajstić information content (AvgIpc) is 3.45. The van der Waals surface area contributed by atoms with Gasteiger partial charge in [-0.25, -0.2) is 0 Å². The van der Waals surface area contributed by atoms with Crippen molar-refractivity contribution in [3.05, 3.63) is 72.9 Å². The van der Waals surface area contributed by atoms with Crippen molar-refractivity contribution < 1.29 is 28.6 Å². The molecule has 79 heavy (non-hydrogen) atoms. The topological polar surface area (TPSA) is 78.9 Å². The molecule has 0 aromatic carbocycles. The summed E-state index contributed by atoms with van der Waals surface area (Å²) in [4.78, 5) is 38.3. The first-order valence-electron chi connectivity index (χ1n) is 34.4. The van der Waals surface area contributed by atoms with Gasteiger partial charge in [0.2, 0.25) is 0 Å². The van der Waals surface area contributed by atoms with Gasteiger partial charge in [0.05, 0.1) is 0 Å². The predicted molar refractivity (Wildman–Crippen MR) is 344 cm³/mol. The molecule has 0 aliphatic rings. The molecule has 0 radical (unpaired) electrons. The summed E-state index contributed by atoms with van der Waals surface area (Å²) in [5, 5.41) is 0. The molecular formula is C73H130O6. The molecule has 6 heteroatoms. The third-order valence-corrected chi connectivity index (χ3v) is 15.2. The second-order valence-electron chi connectivity index (χ2n) is 23.1. The summed E-state index contributed by atoms with van der Waals surface area (Å²) in [6.07, 6.45) is 87.8. The zero-order valence-electron chi connectivity index (χ0n) is 52.6. The van der Waals surface area contributed by atoms with Crippen LogP contribution >= 0.6 is 0 Å². The molecule has 1 unspecified atom stereocenters. The zero-order valence-corrected chi connectivity index (χ0v) is 52.6. The van der Waals surface area contributed by atoms with Crippen LogP contribution in [-0.2, 0) is 28.6 Å². The Bertz CT molecular complexity index is 1450. The summed E-state index contributed by atoms with van der Waals surface area (Å²) >= 11 is 0. The lowest BCUT2D eigenvalue weighted by atomic mass is 10.0. The van der Waals surface area contributed by atoms with Crippen LogP contribution in [0.2, 0.25) is 0 Å². The van der Waals surface area contributed by atoms with E-state index in [2.05, 4.69) is 93.7 Å². The number of hydrogen-bond acceptors (Lipinski definition) is 6. The number of rotatable bonds is 63. The minimum atomic E-state index is -0.779. The fourth-order valence-electron chi connectivity index (χ4n) is 10.1. The zero-order chi connectivity index (χ0) is 57.1. The Morgan fingerprint density at radius 3 is 0.772 bits per heavy atom. The van der Waals surface area contributed by atoms with Crippen LogP contribution in [0.4, 0.5) is 0 Å². The molecule has 6 nitrogen and oxygen atoms in total. The molecule has 0 saturated heterocycles. The molecule has 458 valence electrons. The van der Waals surface area contributed by atoms with Gasteiger partial charge in [-0.15, -0.1) is 0 Å². The van der Waals surface area contributed by atoms with Gasteiger partial charge in [-0.1, -0.05) is 318 Å². The molecule has 0 amide bonds. The van der Waals surface area contributed by atoms with Gasteiger partial charge in [0, 0.05) is 19.3 Å². The highest BCUT2D eigenvalue weighted by atomic mass is 16.6. The van der Waals surface area contributed by atoms with Crippen molar-refractivity contribution in [2.45, 2.75) is 361 Å². The molecular weight excluding hydrogens is 973 g/mol. The van der Waals surface area contributed by atoms with Gasteiger partial charge in [-0.3, -0.25) is 14.4 Å². The molecule has 0 heterocycles. The number of esters is 3. The Labute approximate surface area is 491 Å². The lowest BCUT2D eigenvalue weighted by molar-refractivity contribution is -0.167. The van der Waals surface area contributed by atoms with Crippen LogP contribution in [0.25, 0.3) is 0 Å². The monoisotopic (exact) mass is 1100 g/mol. The van der Waals surface area contributed by atoms with E-state index in [0.717, 1.165) is 96.3 Å². The van der Waals surface area contributed by atoms with Crippen LogP contribution in [-0.4, -0.2) is 37.2 Å². The normalized spacial score (nSPS) is 12.5. The minimum Gasteiger partial charge on any atom is -0.462 e. The van der Waals surface area contributed by atoms with E-state index in [1.165, 1.54) is 218 Å². The van der Waals surface area contributed by atoms with Crippen molar-refractivity contribution in [2.24, 2.45) is 0 Å². The van der Waals surface area contributed by atoms with Crippen molar-refractivity contribution in [1.82, 2.24) is 0 Å². The maximum Gasteiger partial charge on any atom is 0.306 e. The van der Waals surface area contributed by atoms with E-state index in [4.69, 9.17) is 14.2 Å². The largest absolute Gasteiger partial charge is 0.462 e. The lowest BCUT2D eigenvalue weighted by Gasteiger charge is -2.18. The van der Waals surface area contributed by atoms with Crippen molar-refractivity contribution in [3.63, 3.8) is 0 Å². The average molecular weight is 1100 g/mol. The van der Waals surface area contributed by atoms with Crippen LogP contribution in [0.15, 0.2) is 72.9 Å². The van der Waals surface area contributed by atoms with Crippen molar-refractivity contribution >= 4 is 17.9 Å². The maximum atomic E-state index is 12.9. The summed E-state index contributed by atoms with van der Waals surface area (Å²) in [6, 6.07) is 0. The van der Waals surface area contributed by atoms with Crippen LogP contribution < -0.4 is 0 Å². The molecule has 0 aliphatic heterocycles. The fourth-order valence-corrected chi connectivity index (χ4v) is 10.1. The predicted octanol–water partition coefficient (Wildman–Crippen LogP) is 23.7. The Hall–Kier alpha value is -3.15. The van der Waals surface area contributed by atoms with Gasteiger partial charge in [0.25, 0.3) is 0 Å². The number of carbonyl (C=O) groups excluding carboxylic acids is 3. The molecule has 0 spiro atoms. The SMILES string of the molecule is CC/C=C\C/C=C\C/C=C\CCCCCCCCCC(=O)OC(COC(=O)CCCCCCCCCCCCCCC)COC(=O)CCCCCCCCCCCCCCCCCC/C=C\C/C=C\C/C=C\CCCCCCC. The molecule has 0 bridgehead atoms. The molecule has 0 rings (SSSR count). The van der Waals surface area contributed by atoms with Gasteiger partial charge in [0.1, 0.15) is 13.2 Å². The molecule has 0 N–H and O–H groups in total. The highest BCUT2D eigenvalue weighted by molar-refractivity contribution is 5.71. The number of hydrogen-bond donors (Lipinski definition) is 0. The fraction of sp³-hybridized carbons (Fsp3) is 0.795. The highest BCUT2D eigenvalue weighted by Gasteiger charge is 2.19. The molecule has 1 atom stereocenters. The molecule has 0 saturated carbocycles. The second-order valence-corrected chi connectivity index (χ2v) is 23.1. The van der Waals surface area contributed by atoms with E-state index in [1.807, 2.05) is 0 Å². The highest BCUT2D eigenvalue weighted by Crippen LogP contribution is 2.18. The first-order valence-corrected chi connectivity index (χ1v) is 34.4. The van der Waals surface area contributed by atoms with Crippen LogP contribution in [0.5, 0.6) is 0 Å². The van der Waals surface area contributed by atoms with E-state index in [0.29, 0.717) is 19.3 Å². The minimum absolute atomic E-state index is 0.0750. The van der Waals surface area contributed by atoms with Crippen LogP contribution in [0.1, 0.15) is 355 Å². The van der Waals surface area contributed by atoms with Crippen molar-refractivity contribution in [3.8, 4) is 0 Å². The summed E-state index contributed by atoms with van der Waals surface area (Å²) in [5.74, 6) is -0.866. The first kappa shape index (κ1) is 75.8. The van der Waals surface area contributed by atoms with Gasteiger partial charge >= 0.3 is 17.9 Å². The number of unbranched alkanes of at least 4 members (excludes halogenated alkanes) is 40. The Balaban J connectivity index is 4.19. The molecule has 0 fully saturated rings. The molecule has 0 aliphatic carbocycles. The number of ether oxygens (including phenoxy) is 3.